The van der Waals surface area contributed by atoms with Crippen LogP contribution in [0, 0.1) is 17.8 Å². The van der Waals surface area contributed by atoms with Gasteiger partial charge in [-0.05, 0) is 37.1 Å². The molecule has 1 heteroatoms. The van der Waals surface area contributed by atoms with Gasteiger partial charge in [-0.2, -0.15) is 0 Å². The van der Waals surface area contributed by atoms with Crippen molar-refractivity contribution in [2.24, 2.45) is 17.8 Å². The Hall–Kier alpha value is -0.0400. The summed E-state index contributed by atoms with van der Waals surface area (Å²) in [6.07, 6.45) is 2.67. The van der Waals surface area contributed by atoms with E-state index in [9.17, 15) is 0 Å². The Bertz CT molecular complexity index is 129. The summed E-state index contributed by atoms with van der Waals surface area (Å²) in [5.74, 6) is 2.40. The van der Waals surface area contributed by atoms with E-state index in [1.807, 2.05) is 0 Å². The highest BCUT2D eigenvalue weighted by Crippen LogP contribution is 2.19. The Balaban J connectivity index is 4.00. The van der Waals surface area contributed by atoms with Crippen LogP contribution in [0.5, 0.6) is 0 Å². The number of rotatable bonds is 7. The van der Waals surface area contributed by atoms with Crippen LogP contribution in [0.25, 0.3) is 0 Å². The minimum absolute atomic E-state index is 0.711. The maximum atomic E-state index is 3.62. The average Bonchev–Trinajstić information content (AvgIpc) is 2.10. The van der Waals surface area contributed by atoms with Crippen molar-refractivity contribution >= 4 is 0 Å². The molecular formula is C13H29N. The maximum absolute atomic E-state index is 3.62. The summed E-state index contributed by atoms with van der Waals surface area (Å²) in [7, 11) is 0. The molecule has 0 saturated carbocycles. The summed E-state index contributed by atoms with van der Waals surface area (Å²) >= 11 is 0. The SMILES string of the molecule is CCNC(CCC(C)C)C(C)C(C)C. The summed E-state index contributed by atoms with van der Waals surface area (Å²) in [5, 5.41) is 3.62. The van der Waals surface area contributed by atoms with Crippen LogP contribution in [0.1, 0.15) is 54.4 Å². The Morgan fingerprint density at radius 3 is 1.86 bits per heavy atom. The van der Waals surface area contributed by atoms with Gasteiger partial charge in [-0.25, -0.2) is 0 Å². The van der Waals surface area contributed by atoms with Crippen LogP contribution in [0.2, 0.25) is 0 Å². The Morgan fingerprint density at radius 2 is 1.50 bits per heavy atom. The molecule has 0 aliphatic carbocycles. The summed E-state index contributed by atoms with van der Waals surface area (Å²) in [6, 6.07) is 0.711. The van der Waals surface area contributed by atoms with Crippen molar-refractivity contribution in [2.45, 2.75) is 60.4 Å². The van der Waals surface area contributed by atoms with Gasteiger partial charge in [0.2, 0.25) is 0 Å². The zero-order chi connectivity index (χ0) is 11.1. The van der Waals surface area contributed by atoms with Gasteiger partial charge in [0, 0.05) is 6.04 Å². The van der Waals surface area contributed by atoms with Gasteiger partial charge in [0.15, 0.2) is 0 Å². The van der Waals surface area contributed by atoms with Crippen LogP contribution >= 0.6 is 0 Å². The normalized spacial score (nSPS) is 16.3. The van der Waals surface area contributed by atoms with Crippen LogP contribution in [0.3, 0.4) is 0 Å². The van der Waals surface area contributed by atoms with Crippen molar-refractivity contribution in [3.05, 3.63) is 0 Å². The molecule has 0 aromatic carbocycles. The van der Waals surface area contributed by atoms with Crippen molar-refractivity contribution in [1.29, 1.82) is 0 Å². The zero-order valence-corrected chi connectivity index (χ0v) is 10.9. The fourth-order valence-corrected chi connectivity index (χ4v) is 1.79. The third-order valence-corrected chi connectivity index (χ3v) is 3.21. The van der Waals surface area contributed by atoms with Crippen LogP contribution in [0.15, 0.2) is 0 Å². The van der Waals surface area contributed by atoms with Crippen LogP contribution < -0.4 is 5.32 Å². The molecule has 14 heavy (non-hydrogen) atoms. The van der Waals surface area contributed by atoms with Crippen LogP contribution in [0.4, 0.5) is 0 Å². The minimum Gasteiger partial charge on any atom is -0.314 e. The fraction of sp³-hybridized carbons (Fsp3) is 1.00. The number of hydrogen-bond donors (Lipinski definition) is 1. The molecule has 0 amide bonds. The molecule has 86 valence electrons. The molecule has 0 saturated heterocycles. The fourth-order valence-electron chi connectivity index (χ4n) is 1.79. The topological polar surface area (TPSA) is 12.0 Å². The first-order valence-electron chi connectivity index (χ1n) is 6.22. The average molecular weight is 199 g/mol. The first kappa shape index (κ1) is 14.0. The van der Waals surface area contributed by atoms with Gasteiger partial charge in [-0.15, -0.1) is 0 Å². The molecule has 0 spiro atoms. The van der Waals surface area contributed by atoms with Gasteiger partial charge in [-0.3, -0.25) is 0 Å². The molecule has 0 aliphatic rings. The van der Waals surface area contributed by atoms with Gasteiger partial charge < -0.3 is 5.32 Å². The highest BCUT2D eigenvalue weighted by atomic mass is 14.9. The van der Waals surface area contributed by atoms with E-state index < -0.39 is 0 Å². The van der Waals surface area contributed by atoms with E-state index in [-0.39, 0.29) is 0 Å². The Morgan fingerprint density at radius 1 is 0.929 bits per heavy atom. The van der Waals surface area contributed by atoms with E-state index in [4.69, 9.17) is 0 Å². The van der Waals surface area contributed by atoms with Crippen molar-refractivity contribution in [3.63, 3.8) is 0 Å². The lowest BCUT2D eigenvalue weighted by Crippen LogP contribution is -2.37. The second-order valence-corrected chi connectivity index (χ2v) is 5.24. The molecule has 0 bridgehead atoms. The second-order valence-electron chi connectivity index (χ2n) is 5.24. The first-order valence-corrected chi connectivity index (χ1v) is 6.22. The molecule has 2 atom stereocenters. The third kappa shape index (κ3) is 5.64. The van der Waals surface area contributed by atoms with Crippen molar-refractivity contribution in [3.8, 4) is 0 Å². The van der Waals surface area contributed by atoms with Gasteiger partial charge in [-0.1, -0.05) is 41.5 Å². The van der Waals surface area contributed by atoms with Gasteiger partial charge in [0.05, 0.1) is 0 Å². The zero-order valence-electron chi connectivity index (χ0n) is 10.9. The number of hydrogen-bond acceptors (Lipinski definition) is 1. The molecule has 0 aromatic heterocycles. The molecule has 0 heterocycles. The minimum atomic E-state index is 0.711. The summed E-state index contributed by atoms with van der Waals surface area (Å²) in [5.41, 5.74) is 0. The predicted molar refractivity (Wildman–Crippen MR) is 65.5 cm³/mol. The summed E-state index contributed by atoms with van der Waals surface area (Å²) < 4.78 is 0. The second kappa shape index (κ2) is 7.28. The lowest BCUT2D eigenvalue weighted by atomic mass is 9.86. The Labute approximate surface area is 90.7 Å². The van der Waals surface area contributed by atoms with Crippen LogP contribution in [-0.2, 0) is 0 Å². The van der Waals surface area contributed by atoms with Crippen molar-refractivity contribution in [2.75, 3.05) is 6.54 Å². The van der Waals surface area contributed by atoms with E-state index in [1.165, 1.54) is 12.8 Å². The van der Waals surface area contributed by atoms with E-state index in [0.29, 0.717) is 6.04 Å². The van der Waals surface area contributed by atoms with E-state index in [1.54, 1.807) is 0 Å². The molecule has 0 aliphatic heterocycles. The molecule has 1 N–H and O–H groups in total. The lowest BCUT2D eigenvalue weighted by molar-refractivity contribution is 0.276. The molecule has 0 fully saturated rings. The highest BCUT2D eigenvalue weighted by Gasteiger charge is 2.18. The van der Waals surface area contributed by atoms with E-state index in [2.05, 4.69) is 46.9 Å². The van der Waals surface area contributed by atoms with E-state index >= 15 is 0 Å². The largest absolute Gasteiger partial charge is 0.314 e. The summed E-state index contributed by atoms with van der Waals surface area (Å²) in [4.78, 5) is 0. The monoisotopic (exact) mass is 199 g/mol. The molecular weight excluding hydrogens is 170 g/mol. The van der Waals surface area contributed by atoms with E-state index in [0.717, 1.165) is 24.3 Å². The third-order valence-electron chi connectivity index (χ3n) is 3.21. The molecule has 0 aromatic rings. The molecule has 2 unspecified atom stereocenters. The van der Waals surface area contributed by atoms with Crippen molar-refractivity contribution in [1.82, 2.24) is 5.32 Å². The molecule has 0 rings (SSSR count). The molecule has 0 radical (unpaired) electrons. The molecule has 1 nitrogen and oxygen atoms in total. The smallest absolute Gasteiger partial charge is 0.00951 e. The van der Waals surface area contributed by atoms with Gasteiger partial charge in [0.1, 0.15) is 0 Å². The van der Waals surface area contributed by atoms with Crippen molar-refractivity contribution < 1.29 is 0 Å². The van der Waals surface area contributed by atoms with Gasteiger partial charge in [0.25, 0.3) is 0 Å². The lowest BCUT2D eigenvalue weighted by Gasteiger charge is -2.28. The first-order chi connectivity index (χ1) is 6.49. The predicted octanol–water partition coefficient (Wildman–Crippen LogP) is 3.69. The summed E-state index contributed by atoms with van der Waals surface area (Å²) in [6.45, 7) is 14.9. The highest BCUT2D eigenvalue weighted by molar-refractivity contribution is 4.75. The Kier molecular flexibility index (Phi) is 7.26. The standard InChI is InChI=1S/C13H29N/c1-7-14-13(9-8-10(2)3)12(6)11(4)5/h10-14H,7-9H2,1-6H3. The quantitative estimate of drug-likeness (QED) is 0.659. The number of nitrogens with one attached hydrogen (secondary N) is 1. The maximum Gasteiger partial charge on any atom is 0.00951 e. The van der Waals surface area contributed by atoms with Gasteiger partial charge >= 0.3 is 0 Å². The van der Waals surface area contributed by atoms with Crippen LogP contribution in [-0.4, -0.2) is 12.6 Å².